The van der Waals surface area contributed by atoms with Gasteiger partial charge in [-0.15, -0.1) is 0 Å². The highest BCUT2D eigenvalue weighted by Gasteiger charge is 2.40. The number of nitrogens with zero attached hydrogens (tertiary/aromatic N) is 2. The molecule has 8 nitrogen and oxygen atoms in total. The van der Waals surface area contributed by atoms with Gasteiger partial charge in [-0.05, 0) is 58.0 Å². The van der Waals surface area contributed by atoms with Crippen molar-refractivity contribution in [3.63, 3.8) is 0 Å². The summed E-state index contributed by atoms with van der Waals surface area (Å²) in [5.74, 6) is -1.62. The Bertz CT molecular complexity index is 799. The molecule has 0 aromatic heterocycles. The highest BCUT2D eigenvalue weighted by molar-refractivity contribution is 5.95. The summed E-state index contributed by atoms with van der Waals surface area (Å²) in [6.07, 6.45) is 2.83. The third-order valence-corrected chi connectivity index (χ3v) is 7.26. The molecule has 212 valence electrons. The third-order valence-electron chi connectivity index (χ3n) is 7.26. The summed E-state index contributed by atoms with van der Waals surface area (Å²) < 4.78 is 13.2. The second-order valence-corrected chi connectivity index (χ2v) is 11.4. The van der Waals surface area contributed by atoms with Crippen LogP contribution in [0.5, 0.6) is 0 Å². The van der Waals surface area contributed by atoms with Gasteiger partial charge in [-0.25, -0.2) is 4.39 Å². The molecule has 9 heteroatoms. The number of amides is 1. The highest BCUT2D eigenvalue weighted by Crippen LogP contribution is 2.29. The zero-order chi connectivity index (χ0) is 28.3. The molecule has 1 fully saturated rings. The fraction of sp³-hybridized carbons (Fsp3) is 0.786. The van der Waals surface area contributed by atoms with E-state index in [1.807, 2.05) is 32.8 Å². The number of hydrogen-bond acceptors (Lipinski definition) is 7. The van der Waals surface area contributed by atoms with Crippen LogP contribution in [-0.4, -0.2) is 79.0 Å². The number of carbonyl (C=O) groups is 4. The average Bonchev–Trinajstić information content (AvgIpc) is 3.31. The number of alkyl halides is 1. The molecule has 1 aliphatic heterocycles. The van der Waals surface area contributed by atoms with Crippen LogP contribution in [-0.2, 0) is 19.2 Å². The lowest BCUT2D eigenvalue weighted by Crippen LogP contribution is -2.47. The van der Waals surface area contributed by atoms with Crippen LogP contribution >= 0.6 is 0 Å². The van der Waals surface area contributed by atoms with Crippen molar-refractivity contribution in [3.8, 4) is 0 Å². The van der Waals surface area contributed by atoms with E-state index in [0.717, 1.165) is 0 Å². The number of rotatable bonds is 18. The predicted octanol–water partition coefficient (Wildman–Crippen LogP) is 3.10. The number of likely N-dealkylation sites (tertiary alicyclic amines) is 1. The Balaban J connectivity index is 2.95. The molecular weight excluding hydrogens is 475 g/mol. The van der Waals surface area contributed by atoms with E-state index in [-0.39, 0.29) is 42.3 Å². The molecule has 0 unspecified atom stereocenters. The maximum atomic E-state index is 13.7. The number of halogens is 1. The first kappa shape index (κ1) is 32.7. The first-order valence-corrected chi connectivity index (χ1v) is 13.6. The number of nitrogens with two attached hydrogens (primary N) is 1. The minimum atomic E-state index is -1.12. The van der Waals surface area contributed by atoms with Gasteiger partial charge in [0.2, 0.25) is 5.91 Å². The first-order chi connectivity index (χ1) is 17.3. The molecule has 3 N–H and O–H groups in total. The standard InChI is InChI=1S/C28H49FN4O4/c1-18(2)14-24(32(6)7)26(35)16-22(19(3)4)28(37)33-13-9-11-23(33)25(34)15-21(27(36)17-29)10-8-12-31-20(5)30/h18-19,21-24,31H,5,8-17,30H2,1-4,6-7H3/t21-,22+,23+,24+/m1/s1. The van der Waals surface area contributed by atoms with Gasteiger partial charge in [-0.1, -0.05) is 34.3 Å². The fourth-order valence-electron chi connectivity index (χ4n) is 5.08. The molecule has 0 radical (unpaired) electrons. The number of hydrogen-bond donors (Lipinski definition) is 2. The number of nitrogens with one attached hydrogen (secondary N) is 1. The van der Waals surface area contributed by atoms with Crippen molar-refractivity contribution in [1.82, 2.24) is 15.1 Å². The molecule has 4 atom stereocenters. The van der Waals surface area contributed by atoms with Crippen LogP contribution in [0.3, 0.4) is 0 Å². The van der Waals surface area contributed by atoms with E-state index in [1.165, 1.54) is 0 Å². The molecule has 0 saturated carbocycles. The smallest absolute Gasteiger partial charge is 0.227 e. The normalized spacial score (nSPS) is 18.2. The number of carbonyl (C=O) groups excluding carboxylic acids is 4. The van der Waals surface area contributed by atoms with E-state index in [0.29, 0.717) is 56.9 Å². The molecule has 1 rings (SSSR count). The predicted molar refractivity (Wildman–Crippen MR) is 144 cm³/mol. The Labute approximate surface area is 222 Å². The summed E-state index contributed by atoms with van der Waals surface area (Å²) in [6, 6.07) is -0.899. The molecule has 1 amide bonds. The lowest BCUT2D eigenvalue weighted by molar-refractivity contribution is -0.144. The largest absolute Gasteiger partial charge is 0.386 e. The van der Waals surface area contributed by atoms with Crippen LogP contribution in [0.4, 0.5) is 4.39 Å². The molecular formula is C28H49FN4O4. The fourth-order valence-corrected chi connectivity index (χ4v) is 5.08. The Morgan fingerprint density at radius 1 is 1.11 bits per heavy atom. The molecule has 1 saturated heterocycles. The van der Waals surface area contributed by atoms with Crippen molar-refractivity contribution < 1.29 is 23.6 Å². The van der Waals surface area contributed by atoms with Crippen LogP contribution in [0.2, 0.25) is 0 Å². The van der Waals surface area contributed by atoms with Crippen LogP contribution in [0, 0.1) is 23.7 Å². The minimum Gasteiger partial charge on any atom is -0.386 e. The summed E-state index contributed by atoms with van der Waals surface area (Å²) in [5, 5.41) is 2.86. The van der Waals surface area contributed by atoms with E-state index in [4.69, 9.17) is 5.73 Å². The SMILES string of the molecule is C=C(N)NCCC[C@H](CC(=O)[C@@H]1CCCN1C(=O)[C@@H](CC(=O)[C@H](CC(C)C)N(C)C)C(C)C)C(=O)CF. The third kappa shape index (κ3) is 10.5. The Morgan fingerprint density at radius 2 is 1.76 bits per heavy atom. The van der Waals surface area contributed by atoms with Crippen molar-refractivity contribution >= 4 is 23.3 Å². The van der Waals surface area contributed by atoms with Gasteiger partial charge >= 0.3 is 0 Å². The van der Waals surface area contributed by atoms with Gasteiger partial charge in [0.25, 0.3) is 0 Å². The van der Waals surface area contributed by atoms with Crippen LogP contribution in [0.25, 0.3) is 0 Å². The Morgan fingerprint density at radius 3 is 2.27 bits per heavy atom. The molecule has 37 heavy (non-hydrogen) atoms. The molecule has 0 aliphatic carbocycles. The van der Waals surface area contributed by atoms with Crippen molar-refractivity contribution in [1.29, 1.82) is 0 Å². The summed E-state index contributed by atoms with van der Waals surface area (Å²) in [5.41, 5.74) is 5.48. The Hall–Kier alpha value is -2.29. The van der Waals surface area contributed by atoms with Gasteiger partial charge in [0.1, 0.15) is 6.67 Å². The molecule has 1 heterocycles. The van der Waals surface area contributed by atoms with Crippen LogP contribution in [0.1, 0.15) is 72.6 Å². The van der Waals surface area contributed by atoms with Crippen LogP contribution < -0.4 is 11.1 Å². The monoisotopic (exact) mass is 524 g/mol. The summed E-state index contributed by atoms with van der Waals surface area (Å²) >= 11 is 0. The van der Waals surface area contributed by atoms with E-state index < -0.39 is 30.3 Å². The maximum Gasteiger partial charge on any atom is 0.227 e. The summed E-state index contributed by atoms with van der Waals surface area (Å²) in [4.78, 5) is 55.9. The topological polar surface area (TPSA) is 113 Å². The second kappa shape index (κ2) is 15.8. The van der Waals surface area contributed by atoms with E-state index >= 15 is 0 Å². The maximum absolute atomic E-state index is 13.7. The van der Waals surface area contributed by atoms with Gasteiger partial charge in [-0.3, -0.25) is 24.1 Å². The molecule has 0 aromatic rings. The van der Waals surface area contributed by atoms with Gasteiger partial charge < -0.3 is 16.0 Å². The van der Waals surface area contributed by atoms with Gasteiger partial charge in [0.15, 0.2) is 17.3 Å². The lowest BCUT2D eigenvalue weighted by Gasteiger charge is -2.32. The Kier molecular flexibility index (Phi) is 14.0. The molecule has 0 spiro atoms. The van der Waals surface area contributed by atoms with Crippen molar-refractivity contribution in [2.24, 2.45) is 29.4 Å². The van der Waals surface area contributed by atoms with Crippen molar-refractivity contribution in [2.45, 2.75) is 84.7 Å². The first-order valence-electron chi connectivity index (χ1n) is 13.6. The lowest BCUT2D eigenvalue weighted by atomic mass is 9.85. The van der Waals surface area contributed by atoms with Crippen molar-refractivity contribution in [3.05, 3.63) is 12.4 Å². The zero-order valence-electron chi connectivity index (χ0n) is 23.7. The van der Waals surface area contributed by atoms with Gasteiger partial charge in [0, 0.05) is 37.8 Å². The number of Topliss-reactive ketones (excluding diaryl/α,β-unsaturated/α-hetero) is 3. The summed E-state index contributed by atoms with van der Waals surface area (Å²) in [6.45, 7) is 11.3. The molecule has 0 bridgehead atoms. The van der Waals surface area contributed by atoms with Gasteiger partial charge in [-0.2, -0.15) is 0 Å². The molecule has 1 aliphatic rings. The quantitative estimate of drug-likeness (QED) is 0.265. The van der Waals surface area contributed by atoms with E-state index in [9.17, 15) is 23.6 Å². The summed E-state index contributed by atoms with van der Waals surface area (Å²) in [7, 11) is 3.76. The van der Waals surface area contributed by atoms with E-state index in [2.05, 4.69) is 25.7 Å². The minimum absolute atomic E-state index is 0.0372. The molecule has 0 aromatic carbocycles. The van der Waals surface area contributed by atoms with Crippen LogP contribution in [0.15, 0.2) is 12.4 Å². The average molecular weight is 525 g/mol. The highest BCUT2D eigenvalue weighted by atomic mass is 19.1. The number of likely N-dealkylation sites (N-methyl/N-ethyl adjacent to an activating group) is 1. The number of ketones is 3. The van der Waals surface area contributed by atoms with Crippen molar-refractivity contribution in [2.75, 3.05) is 33.9 Å². The van der Waals surface area contributed by atoms with Gasteiger partial charge in [0.05, 0.1) is 17.9 Å². The zero-order valence-corrected chi connectivity index (χ0v) is 23.7. The van der Waals surface area contributed by atoms with E-state index in [1.54, 1.807) is 4.90 Å². The second-order valence-electron chi connectivity index (χ2n) is 11.4.